The van der Waals surface area contributed by atoms with Crippen LogP contribution in [0.3, 0.4) is 0 Å². The molecule has 1 amide bonds. The van der Waals surface area contributed by atoms with Crippen molar-refractivity contribution in [2.45, 2.75) is 25.5 Å². The first-order valence-corrected chi connectivity index (χ1v) is 10.9. The summed E-state index contributed by atoms with van der Waals surface area (Å²) >= 11 is 0. The van der Waals surface area contributed by atoms with Gasteiger partial charge in [0.15, 0.2) is 11.5 Å². The molecule has 1 aromatic heterocycles. The number of aliphatic hydroxyl groups excluding tert-OH is 1. The lowest BCUT2D eigenvalue weighted by Crippen LogP contribution is -2.29. The number of aliphatic hydroxyl groups is 1. The summed E-state index contributed by atoms with van der Waals surface area (Å²) < 4.78 is 16.6. The maximum atomic E-state index is 13.3. The molecule has 0 spiro atoms. The van der Waals surface area contributed by atoms with E-state index in [0.29, 0.717) is 34.7 Å². The van der Waals surface area contributed by atoms with E-state index in [1.54, 1.807) is 54.9 Å². The van der Waals surface area contributed by atoms with Crippen molar-refractivity contribution in [1.29, 1.82) is 0 Å². The number of Topliss-reactive ketones (excluding diaryl/α,β-unsaturated/α-hetero) is 1. The minimum absolute atomic E-state index is 0.0146. The highest BCUT2D eigenvalue weighted by atomic mass is 16.7. The maximum Gasteiger partial charge on any atom is 0.300 e. The van der Waals surface area contributed by atoms with Crippen LogP contribution in [0.15, 0.2) is 66.5 Å². The summed E-state index contributed by atoms with van der Waals surface area (Å²) in [5.41, 5.74) is 2.52. The second kappa shape index (κ2) is 7.62. The molecule has 170 valence electrons. The van der Waals surface area contributed by atoms with Gasteiger partial charge >= 0.3 is 0 Å². The molecule has 0 radical (unpaired) electrons. The number of ether oxygens (including phenoxy) is 3. The van der Waals surface area contributed by atoms with Gasteiger partial charge in [-0.2, -0.15) is 0 Å². The number of ketones is 1. The monoisotopic (exact) mass is 456 g/mol. The standard InChI is InChI=1S/C26H20N2O6/c1-14-10-17-11-16(2-4-19(17)34-14)24(29)22-23(15-6-8-27-9-7-15)28(26(31)25(22)30)18-3-5-20-21(12-18)33-13-32-20/h2-9,11-12,14,23,29H,10,13H2,1H3/b24-22+. The Morgan fingerprint density at radius 1 is 1.00 bits per heavy atom. The van der Waals surface area contributed by atoms with E-state index in [2.05, 4.69) is 4.98 Å². The zero-order valence-corrected chi connectivity index (χ0v) is 18.2. The van der Waals surface area contributed by atoms with Gasteiger partial charge in [0.1, 0.15) is 17.6 Å². The van der Waals surface area contributed by atoms with Gasteiger partial charge in [0, 0.05) is 36.1 Å². The van der Waals surface area contributed by atoms with Crippen LogP contribution in [0.2, 0.25) is 0 Å². The van der Waals surface area contributed by atoms with Gasteiger partial charge in [-0.1, -0.05) is 0 Å². The number of hydrogen-bond donors (Lipinski definition) is 1. The van der Waals surface area contributed by atoms with E-state index in [0.717, 1.165) is 11.3 Å². The first-order valence-electron chi connectivity index (χ1n) is 10.9. The van der Waals surface area contributed by atoms with E-state index < -0.39 is 17.7 Å². The number of carbonyl (C=O) groups excluding carboxylic acids is 2. The van der Waals surface area contributed by atoms with Crippen molar-refractivity contribution in [3.8, 4) is 17.2 Å². The molecule has 34 heavy (non-hydrogen) atoms. The second-order valence-electron chi connectivity index (χ2n) is 8.44. The van der Waals surface area contributed by atoms with Crippen LogP contribution in [0.5, 0.6) is 17.2 Å². The summed E-state index contributed by atoms with van der Waals surface area (Å²) in [4.78, 5) is 32.0. The van der Waals surface area contributed by atoms with Crippen molar-refractivity contribution in [3.05, 3.63) is 83.2 Å². The zero-order chi connectivity index (χ0) is 23.4. The predicted molar refractivity (Wildman–Crippen MR) is 122 cm³/mol. The molecule has 1 fully saturated rings. The van der Waals surface area contributed by atoms with Crippen LogP contribution in [-0.4, -0.2) is 34.7 Å². The molecular weight excluding hydrogens is 436 g/mol. The van der Waals surface area contributed by atoms with Crippen LogP contribution in [0, 0.1) is 0 Å². The van der Waals surface area contributed by atoms with Crippen molar-refractivity contribution in [3.63, 3.8) is 0 Å². The van der Waals surface area contributed by atoms with E-state index >= 15 is 0 Å². The van der Waals surface area contributed by atoms with E-state index in [1.807, 2.05) is 13.0 Å². The molecule has 6 rings (SSSR count). The molecule has 0 aliphatic carbocycles. The lowest BCUT2D eigenvalue weighted by Gasteiger charge is -2.25. The number of aromatic nitrogens is 1. The number of hydrogen-bond acceptors (Lipinski definition) is 7. The molecule has 2 atom stereocenters. The van der Waals surface area contributed by atoms with E-state index in [1.165, 1.54) is 4.90 Å². The molecule has 2 unspecified atom stereocenters. The number of anilines is 1. The topological polar surface area (TPSA) is 98.2 Å². The van der Waals surface area contributed by atoms with Crippen LogP contribution < -0.4 is 19.1 Å². The van der Waals surface area contributed by atoms with Crippen LogP contribution in [0.25, 0.3) is 5.76 Å². The van der Waals surface area contributed by atoms with Gasteiger partial charge < -0.3 is 19.3 Å². The summed E-state index contributed by atoms with van der Waals surface area (Å²) in [6, 6.07) is 13.0. The predicted octanol–water partition coefficient (Wildman–Crippen LogP) is 3.76. The first-order chi connectivity index (χ1) is 16.5. The molecule has 0 bridgehead atoms. The van der Waals surface area contributed by atoms with Crippen LogP contribution in [0.4, 0.5) is 5.69 Å². The minimum atomic E-state index is -0.841. The van der Waals surface area contributed by atoms with E-state index in [4.69, 9.17) is 14.2 Å². The fourth-order valence-electron chi connectivity index (χ4n) is 4.72. The quantitative estimate of drug-likeness (QED) is 0.364. The second-order valence-corrected chi connectivity index (χ2v) is 8.44. The molecule has 3 aliphatic heterocycles. The summed E-state index contributed by atoms with van der Waals surface area (Å²) in [6.45, 7) is 2.06. The van der Waals surface area contributed by atoms with Gasteiger partial charge in [-0.25, -0.2) is 0 Å². The molecule has 3 aliphatic rings. The average Bonchev–Trinajstić information content (AvgIpc) is 3.53. The summed E-state index contributed by atoms with van der Waals surface area (Å²) in [7, 11) is 0. The number of pyridine rings is 1. The third kappa shape index (κ3) is 3.10. The maximum absolute atomic E-state index is 13.3. The van der Waals surface area contributed by atoms with Gasteiger partial charge in [-0.05, 0) is 60.5 Å². The molecule has 1 saturated heterocycles. The van der Waals surface area contributed by atoms with Crippen LogP contribution in [0.1, 0.15) is 29.7 Å². The van der Waals surface area contributed by atoms with Crippen LogP contribution in [-0.2, 0) is 16.0 Å². The fourth-order valence-corrected chi connectivity index (χ4v) is 4.72. The lowest BCUT2D eigenvalue weighted by molar-refractivity contribution is -0.132. The Morgan fingerprint density at radius 2 is 1.76 bits per heavy atom. The molecule has 2 aromatic carbocycles. The van der Waals surface area contributed by atoms with Crippen molar-refractivity contribution in [2.75, 3.05) is 11.7 Å². The largest absolute Gasteiger partial charge is 0.507 e. The van der Waals surface area contributed by atoms with Gasteiger partial charge in [-0.15, -0.1) is 0 Å². The summed E-state index contributed by atoms with van der Waals surface area (Å²) in [5, 5.41) is 11.3. The van der Waals surface area contributed by atoms with Crippen molar-refractivity contribution in [2.24, 2.45) is 0 Å². The van der Waals surface area contributed by atoms with Gasteiger partial charge in [0.2, 0.25) is 6.79 Å². The van der Waals surface area contributed by atoms with E-state index in [-0.39, 0.29) is 24.2 Å². The SMILES string of the molecule is CC1Cc2cc(/C(O)=C3\C(=O)C(=O)N(c4ccc5c(c4)OCO5)C3c3ccncc3)ccc2O1. The minimum Gasteiger partial charge on any atom is -0.507 e. The number of carbonyl (C=O) groups is 2. The smallest absolute Gasteiger partial charge is 0.300 e. The molecule has 3 aromatic rings. The molecule has 0 saturated carbocycles. The Kier molecular flexibility index (Phi) is 4.55. The first kappa shape index (κ1) is 20.3. The van der Waals surface area contributed by atoms with Crippen molar-refractivity contribution < 1.29 is 28.9 Å². The highest BCUT2D eigenvalue weighted by molar-refractivity contribution is 6.51. The Bertz CT molecular complexity index is 1370. The number of benzene rings is 2. The zero-order valence-electron chi connectivity index (χ0n) is 18.2. The Hall–Kier alpha value is -4.33. The summed E-state index contributed by atoms with van der Waals surface area (Å²) in [6.07, 6.45) is 3.92. The molecular formula is C26H20N2O6. The third-order valence-corrected chi connectivity index (χ3v) is 6.27. The third-order valence-electron chi connectivity index (χ3n) is 6.27. The molecule has 8 nitrogen and oxygen atoms in total. The van der Waals surface area contributed by atoms with E-state index in [9.17, 15) is 14.7 Å². The summed E-state index contributed by atoms with van der Waals surface area (Å²) in [5.74, 6) is 0.0831. The van der Waals surface area contributed by atoms with Crippen molar-refractivity contribution in [1.82, 2.24) is 4.98 Å². The van der Waals surface area contributed by atoms with Crippen molar-refractivity contribution >= 4 is 23.1 Å². The highest BCUT2D eigenvalue weighted by Gasteiger charge is 2.47. The Labute approximate surface area is 195 Å². The number of fused-ring (bicyclic) bond motifs is 2. The van der Waals surface area contributed by atoms with Gasteiger partial charge in [0.25, 0.3) is 11.7 Å². The van der Waals surface area contributed by atoms with Gasteiger partial charge in [-0.3, -0.25) is 19.5 Å². The fraction of sp³-hybridized carbons (Fsp3) is 0.192. The molecule has 1 N–H and O–H groups in total. The number of rotatable bonds is 3. The molecule has 4 heterocycles. The lowest BCUT2D eigenvalue weighted by atomic mass is 9.95. The normalized spacial score (nSPS) is 22.1. The molecule has 8 heteroatoms. The van der Waals surface area contributed by atoms with Crippen LogP contribution >= 0.6 is 0 Å². The Balaban J connectivity index is 1.51. The highest BCUT2D eigenvalue weighted by Crippen LogP contribution is 2.45. The number of amides is 1. The average molecular weight is 456 g/mol. The van der Waals surface area contributed by atoms with Gasteiger partial charge in [0.05, 0.1) is 11.6 Å². The number of nitrogens with zero attached hydrogens (tertiary/aromatic N) is 2. The Morgan fingerprint density at radius 3 is 2.59 bits per heavy atom.